The summed E-state index contributed by atoms with van der Waals surface area (Å²) < 4.78 is 11.1. The molecule has 1 aliphatic heterocycles. The van der Waals surface area contributed by atoms with Gasteiger partial charge in [0.1, 0.15) is 6.10 Å². The van der Waals surface area contributed by atoms with Crippen molar-refractivity contribution in [2.75, 3.05) is 13.2 Å². The Morgan fingerprint density at radius 2 is 1.74 bits per heavy atom. The van der Waals surface area contributed by atoms with Crippen molar-refractivity contribution in [1.29, 1.82) is 0 Å². The quantitative estimate of drug-likeness (QED) is 0.457. The molecule has 0 saturated carbocycles. The van der Waals surface area contributed by atoms with Crippen molar-refractivity contribution in [3.8, 4) is 0 Å². The van der Waals surface area contributed by atoms with Gasteiger partial charge in [-0.05, 0) is 6.42 Å². The molecule has 0 bridgehead atoms. The highest BCUT2D eigenvalue weighted by atomic mass is 79.9. The molecule has 1 heterocycles. The predicted molar refractivity (Wildman–Crippen MR) is 81.6 cm³/mol. The van der Waals surface area contributed by atoms with Crippen LogP contribution in [0, 0.1) is 0 Å². The summed E-state index contributed by atoms with van der Waals surface area (Å²) in [5.41, 5.74) is 0. The molecule has 0 radical (unpaired) electrons. The van der Waals surface area contributed by atoms with Gasteiger partial charge in [-0.3, -0.25) is 0 Å². The van der Waals surface area contributed by atoms with Crippen molar-refractivity contribution in [3.63, 3.8) is 0 Å². The van der Waals surface area contributed by atoms with Crippen LogP contribution in [0.25, 0.3) is 0 Å². The van der Waals surface area contributed by atoms with E-state index in [1.807, 2.05) is 0 Å². The average molecular weight is 337 g/mol. The molecule has 0 aliphatic carbocycles. The number of hydrogen-bond donors (Lipinski definition) is 1. The SMILES string of the molecule is CCCCCCCCCC[C@H](Br)[C@@H]1OC[C@H](CO)O1. The maximum Gasteiger partial charge on any atom is 0.170 e. The van der Waals surface area contributed by atoms with E-state index in [1.54, 1.807) is 0 Å². The van der Waals surface area contributed by atoms with Crippen LogP contribution >= 0.6 is 15.9 Å². The molecule has 0 spiro atoms. The lowest BCUT2D eigenvalue weighted by atomic mass is 10.1. The number of rotatable bonds is 11. The summed E-state index contributed by atoms with van der Waals surface area (Å²) in [4.78, 5) is 0.254. The van der Waals surface area contributed by atoms with Gasteiger partial charge in [-0.25, -0.2) is 0 Å². The van der Waals surface area contributed by atoms with E-state index < -0.39 is 0 Å². The number of alkyl halides is 1. The Balaban J connectivity index is 1.91. The lowest BCUT2D eigenvalue weighted by molar-refractivity contribution is -0.0646. The van der Waals surface area contributed by atoms with Gasteiger partial charge < -0.3 is 14.6 Å². The maximum atomic E-state index is 8.98. The topological polar surface area (TPSA) is 38.7 Å². The highest BCUT2D eigenvalue weighted by Crippen LogP contribution is 2.24. The molecule has 1 saturated heterocycles. The second-order valence-corrected chi connectivity index (χ2v) is 6.60. The third-order valence-corrected chi connectivity index (χ3v) is 4.49. The van der Waals surface area contributed by atoms with Gasteiger partial charge in [0.25, 0.3) is 0 Å². The molecular weight excluding hydrogens is 308 g/mol. The van der Waals surface area contributed by atoms with Crippen molar-refractivity contribution in [3.05, 3.63) is 0 Å². The van der Waals surface area contributed by atoms with E-state index in [9.17, 15) is 0 Å². The first kappa shape index (κ1) is 17.4. The normalized spacial score (nSPS) is 24.8. The van der Waals surface area contributed by atoms with E-state index in [1.165, 1.54) is 51.4 Å². The van der Waals surface area contributed by atoms with Gasteiger partial charge in [0.05, 0.1) is 18.0 Å². The van der Waals surface area contributed by atoms with E-state index >= 15 is 0 Å². The molecule has 0 unspecified atom stereocenters. The van der Waals surface area contributed by atoms with Crippen LogP contribution < -0.4 is 0 Å². The Hall–Kier alpha value is 0.360. The van der Waals surface area contributed by atoms with Crippen molar-refractivity contribution in [1.82, 2.24) is 0 Å². The van der Waals surface area contributed by atoms with Crippen LogP contribution in [-0.4, -0.2) is 35.5 Å². The number of hydrogen-bond acceptors (Lipinski definition) is 3. The smallest absolute Gasteiger partial charge is 0.170 e. The van der Waals surface area contributed by atoms with Gasteiger partial charge >= 0.3 is 0 Å². The van der Waals surface area contributed by atoms with Gasteiger partial charge in [0.2, 0.25) is 0 Å². The van der Waals surface area contributed by atoms with Crippen molar-refractivity contribution >= 4 is 15.9 Å². The fourth-order valence-electron chi connectivity index (χ4n) is 2.37. The molecule has 0 aromatic rings. The summed E-state index contributed by atoms with van der Waals surface area (Å²) in [7, 11) is 0. The van der Waals surface area contributed by atoms with Crippen LogP contribution in [0.5, 0.6) is 0 Å². The van der Waals surface area contributed by atoms with Crippen LogP contribution in [0.4, 0.5) is 0 Å². The van der Waals surface area contributed by atoms with Crippen molar-refractivity contribution in [2.45, 2.75) is 81.9 Å². The monoisotopic (exact) mass is 336 g/mol. The highest BCUT2D eigenvalue weighted by molar-refractivity contribution is 9.09. The number of aliphatic hydroxyl groups excluding tert-OH is 1. The Kier molecular flexibility index (Phi) is 10.1. The average Bonchev–Trinajstić information content (AvgIpc) is 2.90. The summed E-state index contributed by atoms with van der Waals surface area (Å²) in [5, 5.41) is 8.98. The second-order valence-electron chi connectivity index (χ2n) is 5.42. The number of aliphatic hydroxyl groups is 1. The molecule has 1 aliphatic rings. The van der Waals surface area contributed by atoms with Crippen LogP contribution in [0.2, 0.25) is 0 Å². The fourth-order valence-corrected chi connectivity index (χ4v) is 2.97. The zero-order chi connectivity index (χ0) is 13.9. The molecule has 114 valence electrons. The zero-order valence-electron chi connectivity index (χ0n) is 12.2. The van der Waals surface area contributed by atoms with Crippen LogP contribution in [-0.2, 0) is 9.47 Å². The minimum Gasteiger partial charge on any atom is -0.394 e. The first-order valence-corrected chi connectivity index (χ1v) is 8.71. The van der Waals surface area contributed by atoms with E-state index in [-0.39, 0.29) is 23.8 Å². The second kappa shape index (κ2) is 11.1. The first-order valence-electron chi connectivity index (χ1n) is 7.80. The standard InChI is InChI=1S/C15H29BrO3/c1-2-3-4-5-6-7-8-9-10-14(16)15-18-12-13(11-17)19-15/h13-15,17H,2-12H2,1H3/t13-,14-,15+/m0/s1. The highest BCUT2D eigenvalue weighted by Gasteiger charge is 2.30. The number of unbranched alkanes of at least 4 members (excludes halogenated alkanes) is 7. The Morgan fingerprint density at radius 1 is 1.11 bits per heavy atom. The molecule has 4 heteroatoms. The van der Waals surface area contributed by atoms with Gasteiger partial charge in [-0.1, -0.05) is 74.2 Å². The largest absolute Gasteiger partial charge is 0.394 e. The van der Waals surface area contributed by atoms with E-state index in [0.29, 0.717) is 6.61 Å². The van der Waals surface area contributed by atoms with Gasteiger partial charge in [0.15, 0.2) is 6.29 Å². The van der Waals surface area contributed by atoms with E-state index in [2.05, 4.69) is 22.9 Å². The third-order valence-electron chi connectivity index (χ3n) is 3.61. The summed E-state index contributed by atoms with van der Waals surface area (Å²) in [6.07, 6.45) is 11.5. The van der Waals surface area contributed by atoms with Crippen molar-refractivity contribution in [2.24, 2.45) is 0 Å². The fraction of sp³-hybridized carbons (Fsp3) is 1.00. The number of ether oxygens (including phenoxy) is 2. The van der Waals surface area contributed by atoms with Crippen LogP contribution in [0.1, 0.15) is 64.7 Å². The van der Waals surface area contributed by atoms with Gasteiger partial charge in [-0.2, -0.15) is 0 Å². The molecular formula is C15H29BrO3. The molecule has 0 amide bonds. The molecule has 0 aromatic heterocycles. The maximum absolute atomic E-state index is 8.98. The molecule has 1 N–H and O–H groups in total. The Morgan fingerprint density at radius 3 is 2.32 bits per heavy atom. The molecule has 3 nitrogen and oxygen atoms in total. The van der Waals surface area contributed by atoms with Crippen LogP contribution in [0.3, 0.4) is 0 Å². The van der Waals surface area contributed by atoms with Crippen molar-refractivity contribution < 1.29 is 14.6 Å². The summed E-state index contributed by atoms with van der Waals surface area (Å²) in [6.45, 7) is 2.82. The van der Waals surface area contributed by atoms with Gasteiger partial charge in [0, 0.05) is 0 Å². The summed E-state index contributed by atoms with van der Waals surface area (Å²) in [6, 6.07) is 0. The lowest BCUT2D eigenvalue weighted by Gasteiger charge is -2.16. The lowest BCUT2D eigenvalue weighted by Crippen LogP contribution is -2.23. The van der Waals surface area contributed by atoms with Gasteiger partial charge in [-0.15, -0.1) is 0 Å². The first-order chi connectivity index (χ1) is 9.27. The summed E-state index contributed by atoms with van der Waals surface area (Å²) >= 11 is 3.63. The van der Waals surface area contributed by atoms with E-state index in [4.69, 9.17) is 14.6 Å². The Labute approximate surface area is 126 Å². The molecule has 1 rings (SSSR count). The number of halogens is 1. The zero-order valence-corrected chi connectivity index (χ0v) is 13.7. The molecule has 1 fully saturated rings. The predicted octanol–water partition coefficient (Wildman–Crippen LogP) is 4.01. The molecule has 3 atom stereocenters. The van der Waals surface area contributed by atoms with E-state index in [0.717, 1.165) is 6.42 Å². The molecule has 19 heavy (non-hydrogen) atoms. The minimum atomic E-state index is -0.179. The minimum absolute atomic E-state index is 0.0496. The molecule has 0 aromatic carbocycles. The Bertz CT molecular complexity index is 214. The van der Waals surface area contributed by atoms with Crippen LogP contribution in [0.15, 0.2) is 0 Å². The summed E-state index contributed by atoms with van der Waals surface area (Å²) in [5.74, 6) is 0. The third kappa shape index (κ3) is 7.64.